The van der Waals surface area contributed by atoms with Crippen molar-refractivity contribution >= 4 is 5.96 Å². The monoisotopic (exact) mass is 409 g/mol. The molecular formula is C22H31N7O. The van der Waals surface area contributed by atoms with Crippen molar-refractivity contribution in [3.63, 3.8) is 0 Å². The standard InChI is InChI=1S/C22H31N7O/c1-23-22(25-9-7-20-26-21(30-27-20)18-4-2-3-8-24-18)29-12-10-28(11-13-29)19-15-16-5-6-17(19)14-16/h2-4,8,16-17,19H,5-7,9-15H2,1H3,(H,23,25). The zero-order valence-electron chi connectivity index (χ0n) is 17.7. The maximum Gasteiger partial charge on any atom is 0.276 e. The van der Waals surface area contributed by atoms with Gasteiger partial charge >= 0.3 is 0 Å². The molecule has 5 rings (SSSR count). The van der Waals surface area contributed by atoms with Crippen molar-refractivity contribution in [2.45, 2.75) is 38.1 Å². The lowest BCUT2D eigenvalue weighted by Gasteiger charge is -2.41. The van der Waals surface area contributed by atoms with Gasteiger partial charge in [-0.25, -0.2) is 0 Å². The number of pyridine rings is 1. The Morgan fingerprint density at radius 1 is 1.20 bits per heavy atom. The third-order valence-corrected chi connectivity index (χ3v) is 6.98. The zero-order chi connectivity index (χ0) is 20.3. The number of hydrogen-bond donors (Lipinski definition) is 1. The molecule has 3 heterocycles. The smallest absolute Gasteiger partial charge is 0.276 e. The molecule has 1 saturated heterocycles. The summed E-state index contributed by atoms with van der Waals surface area (Å²) < 4.78 is 5.33. The van der Waals surface area contributed by atoms with E-state index in [4.69, 9.17) is 4.52 Å². The quantitative estimate of drug-likeness (QED) is 0.598. The number of aliphatic imine (C=N–C) groups is 1. The average molecular weight is 410 g/mol. The minimum Gasteiger partial charge on any atom is -0.356 e. The molecule has 2 saturated carbocycles. The van der Waals surface area contributed by atoms with Gasteiger partial charge in [-0.2, -0.15) is 4.98 Å². The number of piperazine rings is 1. The van der Waals surface area contributed by atoms with Crippen LogP contribution in [-0.2, 0) is 6.42 Å². The van der Waals surface area contributed by atoms with Crippen LogP contribution in [0.2, 0.25) is 0 Å². The summed E-state index contributed by atoms with van der Waals surface area (Å²) in [7, 11) is 1.86. The SMILES string of the molecule is CN=C(NCCc1noc(-c2ccccn2)n1)N1CCN(C2CC3CCC2C3)CC1. The van der Waals surface area contributed by atoms with Gasteiger partial charge in [0.25, 0.3) is 5.89 Å². The summed E-state index contributed by atoms with van der Waals surface area (Å²) in [6, 6.07) is 6.49. The number of fused-ring (bicyclic) bond motifs is 2. The summed E-state index contributed by atoms with van der Waals surface area (Å²) in [6.07, 6.45) is 8.25. The molecule has 1 aliphatic heterocycles. The van der Waals surface area contributed by atoms with E-state index in [2.05, 4.69) is 35.2 Å². The maximum atomic E-state index is 5.33. The molecule has 3 fully saturated rings. The van der Waals surface area contributed by atoms with Crippen molar-refractivity contribution in [3.8, 4) is 11.6 Å². The molecule has 8 nitrogen and oxygen atoms in total. The van der Waals surface area contributed by atoms with Gasteiger partial charge < -0.3 is 14.7 Å². The van der Waals surface area contributed by atoms with Gasteiger partial charge in [-0.3, -0.25) is 14.9 Å². The van der Waals surface area contributed by atoms with Crippen LogP contribution in [-0.4, -0.2) is 76.7 Å². The van der Waals surface area contributed by atoms with Crippen molar-refractivity contribution in [1.82, 2.24) is 30.2 Å². The number of aromatic nitrogens is 3. The molecule has 3 atom stereocenters. The molecule has 2 aromatic rings. The third kappa shape index (κ3) is 4.05. The van der Waals surface area contributed by atoms with Crippen LogP contribution in [0, 0.1) is 11.8 Å². The number of rotatable bonds is 5. The van der Waals surface area contributed by atoms with E-state index in [1.54, 1.807) is 6.20 Å². The fourth-order valence-corrected chi connectivity index (χ4v) is 5.49. The largest absolute Gasteiger partial charge is 0.356 e. The van der Waals surface area contributed by atoms with E-state index in [9.17, 15) is 0 Å². The van der Waals surface area contributed by atoms with Crippen LogP contribution in [0.1, 0.15) is 31.5 Å². The van der Waals surface area contributed by atoms with Crippen LogP contribution >= 0.6 is 0 Å². The first-order valence-corrected chi connectivity index (χ1v) is 11.2. The number of guanidine groups is 1. The fourth-order valence-electron chi connectivity index (χ4n) is 5.49. The molecule has 0 amide bonds. The summed E-state index contributed by atoms with van der Waals surface area (Å²) in [4.78, 5) is 18.3. The molecule has 30 heavy (non-hydrogen) atoms. The van der Waals surface area contributed by atoms with E-state index in [0.29, 0.717) is 23.8 Å². The first-order chi connectivity index (χ1) is 14.8. The fraction of sp³-hybridized carbons (Fsp3) is 0.636. The van der Waals surface area contributed by atoms with Gasteiger partial charge in [-0.05, 0) is 43.2 Å². The Kier molecular flexibility index (Phi) is 5.66. The third-order valence-electron chi connectivity index (χ3n) is 6.98. The van der Waals surface area contributed by atoms with Gasteiger partial charge in [0.2, 0.25) is 0 Å². The van der Waals surface area contributed by atoms with Crippen LogP contribution in [0.4, 0.5) is 0 Å². The molecule has 0 spiro atoms. The van der Waals surface area contributed by atoms with Gasteiger partial charge in [0.05, 0.1) is 0 Å². The molecule has 0 aromatic carbocycles. The molecule has 1 N–H and O–H groups in total. The molecule has 160 valence electrons. The zero-order valence-corrected chi connectivity index (χ0v) is 17.7. The second-order valence-electron chi connectivity index (χ2n) is 8.72. The Labute approximate surface area is 177 Å². The highest BCUT2D eigenvalue weighted by Gasteiger charge is 2.42. The molecule has 3 aliphatic rings. The van der Waals surface area contributed by atoms with E-state index in [1.807, 2.05) is 25.2 Å². The Morgan fingerprint density at radius 3 is 2.80 bits per heavy atom. The van der Waals surface area contributed by atoms with Crippen LogP contribution < -0.4 is 5.32 Å². The first-order valence-electron chi connectivity index (χ1n) is 11.2. The topological polar surface area (TPSA) is 82.7 Å². The predicted molar refractivity (Wildman–Crippen MR) is 115 cm³/mol. The van der Waals surface area contributed by atoms with E-state index in [0.717, 1.165) is 56.6 Å². The average Bonchev–Trinajstić information content (AvgIpc) is 3.55. The number of nitrogens with zero attached hydrogens (tertiary/aromatic N) is 6. The normalized spacial score (nSPS) is 27.0. The minimum absolute atomic E-state index is 0.465. The second kappa shape index (κ2) is 8.71. The van der Waals surface area contributed by atoms with Crippen molar-refractivity contribution in [1.29, 1.82) is 0 Å². The Balaban J connectivity index is 1.08. The summed E-state index contributed by atoms with van der Waals surface area (Å²) in [6.45, 7) is 5.10. The Morgan fingerprint density at radius 2 is 2.10 bits per heavy atom. The van der Waals surface area contributed by atoms with Gasteiger partial charge in [-0.1, -0.05) is 17.6 Å². The van der Waals surface area contributed by atoms with Gasteiger partial charge in [0, 0.05) is 58.4 Å². The maximum absolute atomic E-state index is 5.33. The lowest BCUT2D eigenvalue weighted by Crippen LogP contribution is -2.55. The first kappa shape index (κ1) is 19.5. The molecule has 3 unspecified atom stereocenters. The minimum atomic E-state index is 0.465. The highest BCUT2D eigenvalue weighted by molar-refractivity contribution is 5.80. The van der Waals surface area contributed by atoms with E-state index < -0.39 is 0 Å². The predicted octanol–water partition coefficient (Wildman–Crippen LogP) is 2.06. The van der Waals surface area contributed by atoms with Crippen LogP contribution in [0.3, 0.4) is 0 Å². The van der Waals surface area contributed by atoms with E-state index >= 15 is 0 Å². The Bertz CT molecular complexity index is 859. The van der Waals surface area contributed by atoms with Gasteiger partial charge in [0.1, 0.15) is 5.69 Å². The van der Waals surface area contributed by atoms with Crippen molar-refractivity contribution in [2.24, 2.45) is 16.8 Å². The molecule has 2 aromatic heterocycles. The number of nitrogens with one attached hydrogen (secondary N) is 1. The highest BCUT2D eigenvalue weighted by atomic mass is 16.5. The van der Waals surface area contributed by atoms with Crippen LogP contribution in [0.5, 0.6) is 0 Å². The Hall–Kier alpha value is -2.48. The molecule has 8 heteroatoms. The molecule has 2 bridgehead atoms. The van der Waals surface area contributed by atoms with Crippen LogP contribution in [0.25, 0.3) is 11.6 Å². The van der Waals surface area contributed by atoms with Gasteiger partial charge in [-0.15, -0.1) is 0 Å². The van der Waals surface area contributed by atoms with E-state index in [1.165, 1.54) is 25.7 Å². The summed E-state index contributed by atoms with van der Waals surface area (Å²) in [5, 5.41) is 7.54. The summed E-state index contributed by atoms with van der Waals surface area (Å²) >= 11 is 0. The van der Waals surface area contributed by atoms with E-state index in [-0.39, 0.29) is 0 Å². The van der Waals surface area contributed by atoms with Crippen molar-refractivity contribution < 1.29 is 4.52 Å². The molecule has 0 radical (unpaired) electrons. The van der Waals surface area contributed by atoms with Crippen molar-refractivity contribution in [3.05, 3.63) is 30.2 Å². The lowest BCUT2D eigenvalue weighted by molar-refractivity contribution is 0.0959. The molecular weight excluding hydrogens is 378 g/mol. The van der Waals surface area contributed by atoms with Crippen molar-refractivity contribution in [2.75, 3.05) is 39.8 Å². The summed E-state index contributed by atoms with van der Waals surface area (Å²) in [5.74, 6) is 4.09. The number of hydrogen-bond acceptors (Lipinski definition) is 6. The lowest BCUT2D eigenvalue weighted by atomic mass is 9.93. The molecule has 2 aliphatic carbocycles. The van der Waals surface area contributed by atoms with Crippen LogP contribution in [0.15, 0.2) is 33.9 Å². The second-order valence-corrected chi connectivity index (χ2v) is 8.72. The van der Waals surface area contributed by atoms with Gasteiger partial charge in [0.15, 0.2) is 11.8 Å². The highest BCUT2D eigenvalue weighted by Crippen LogP contribution is 2.46. The summed E-state index contributed by atoms with van der Waals surface area (Å²) in [5.41, 5.74) is 0.702.